The number of hydrogen-bond acceptors (Lipinski definition) is 3. The molecule has 1 saturated heterocycles. The van der Waals surface area contributed by atoms with Gasteiger partial charge in [-0.25, -0.2) is 0 Å². The Kier molecular flexibility index (Phi) is 7.72. The van der Waals surface area contributed by atoms with E-state index in [0.29, 0.717) is 18.4 Å². The van der Waals surface area contributed by atoms with Crippen molar-refractivity contribution in [3.63, 3.8) is 0 Å². The zero-order chi connectivity index (χ0) is 11.3. The maximum atomic E-state index is 11.4. The Bertz CT molecular complexity index is 212. The van der Waals surface area contributed by atoms with Gasteiger partial charge in [-0.05, 0) is 32.6 Å². The van der Waals surface area contributed by atoms with E-state index in [2.05, 4.69) is 12.2 Å². The Morgan fingerprint density at radius 1 is 1.62 bits per heavy atom. The van der Waals surface area contributed by atoms with Crippen LogP contribution >= 0.6 is 12.4 Å². The second-order valence-electron chi connectivity index (χ2n) is 4.56. The number of rotatable bonds is 4. The molecule has 96 valence electrons. The lowest BCUT2D eigenvalue weighted by Gasteiger charge is -2.27. The lowest BCUT2D eigenvalue weighted by atomic mass is 9.96. The summed E-state index contributed by atoms with van der Waals surface area (Å²) in [6.45, 7) is 5.50. The SMILES string of the molecule is CC(N)CC(=O)NCC1CCOC(C)C1.Cl. The van der Waals surface area contributed by atoms with Gasteiger partial charge in [0.15, 0.2) is 0 Å². The van der Waals surface area contributed by atoms with E-state index in [9.17, 15) is 4.79 Å². The van der Waals surface area contributed by atoms with E-state index >= 15 is 0 Å². The summed E-state index contributed by atoms with van der Waals surface area (Å²) in [6.07, 6.45) is 2.83. The monoisotopic (exact) mass is 250 g/mol. The van der Waals surface area contributed by atoms with Crippen LogP contribution in [0, 0.1) is 5.92 Å². The molecule has 0 aromatic heterocycles. The second kappa shape index (κ2) is 7.87. The molecule has 0 saturated carbocycles. The van der Waals surface area contributed by atoms with Crippen molar-refractivity contribution >= 4 is 18.3 Å². The Balaban J connectivity index is 0.00000225. The Hall–Kier alpha value is -0.320. The van der Waals surface area contributed by atoms with Crippen LogP contribution in [-0.2, 0) is 9.53 Å². The average Bonchev–Trinajstić information content (AvgIpc) is 2.14. The quantitative estimate of drug-likeness (QED) is 0.785. The molecule has 1 rings (SSSR count). The minimum atomic E-state index is -0.0568. The number of hydrogen-bond donors (Lipinski definition) is 2. The first-order valence-electron chi connectivity index (χ1n) is 5.71. The van der Waals surface area contributed by atoms with Crippen molar-refractivity contribution in [2.45, 2.75) is 45.3 Å². The van der Waals surface area contributed by atoms with Crippen molar-refractivity contribution < 1.29 is 9.53 Å². The van der Waals surface area contributed by atoms with Gasteiger partial charge in [0.25, 0.3) is 0 Å². The first-order chi connectivity index (χ1) is 7.08. The molecule has 1 aliphatic rings. The third-order valence-corrected chi connectivity index (χ3v) is 2.69. The lowest BCUT2D eigenvalue weighted by molar-refractivity contribution is -0.121. The van der Waals surface area contributed by atoms with E-state index in [-0.39, 0.29) is 24.4 Å². The van der Waals surface area contributed by atoms with Crippen LogP contribution in [0.15, 0.2) is 0 Å². The van der Waals surface area contributed by atoms with Crippen LogP contribution in [0.25, 0.3) is 0 Å². The number of carbonyl (C=O) groups is 1. The summed E-state index contributed by atoms with van der Waals surface area (Å²) in [5.41, 5.74) is 5.54. The van der Waals surface area contributed by atoms with Crippen LogP contribution in [0.5, 0.6) is 0 Å². The van der Waals surface area contributed by atoms with Gasteiger partial charge in [0, 0.05) is 25.6 Å². The summed E-state index contributed by atoms with van der Waals surface area (Å²) in [5, 5.41) is 2.93. The van der Waals surface area contributed by atoms with Gasteiger partial charge >= 0.3 is 0 Å². The maximum Gasteiger partial charge on any atom is 0.221 e. The number of nitrogens with two attached hydrogens (primary N) is 1. The molecule has 1 amide bonds. The highest BCUT2D eigenvalue weighted by atomic mass is 35.5. The van der Waals surface area contributed by atoms with Crippen molar-refractivity contribution in [2.24, 2.45) is 11.7 Å². The smallest absolute Gasteiger partial charge is 0.221 e. The largest absolute Gasteiger partial charge is 0.378 e. The van der Waals surface area contributed by atoms with Gasteiger partial charge in [-0.2, -0.15) is 0 Å². The molecule has 0 radical (unpaired) electrons. The molecule has 0 aromatic rings. The van der Waals surface area contributed by atoms with Crippen LogP contribution in [-0.4, -0.2) is 31.2 Å². The molecule has 3 atom stereocenters. The summed E-state index contributed by atoms with van der Waals surface area (Å²) in [5.74, 6) is 0.620. The van der Waals surface area contributed by atoms with Gasteiger partial charge in [0.2, 0.25) is 5.91 Å². The standard InChI is InChI=1S/C11H22N2O2.ClH/c1-8(12)5-11(14)13-7-10-3-4-15-9(2)6-10;/h8-10H,3-7,12H2,1-2H3,(H,13,14);1H. The third kappa shape index (κ3) is 6.30. The number of ether oxygens (including phenoxy) is 1. The molecule has 3 unspecified atom stereocenters. The van der Waals surface area contributed by atoms with Crippen LogP contribution in [0.2, 0.25) is 0 Å². The van der Waals surface area contributed by atoms with Crippen molar-refractivity contribution in [1.29, 1.82) is 0 Å². The number of halogens is 1. The average molecular weight is 251 g/mol. The molecule has 1 aliphatic heterocycles. The molecule has 4 nitrogen and oxygen atoms in total. The molecule has 1 fully saturated rings. The van der Waals surface area contributed by atoms with E-state index in [0.717, 1.165) is 26.0 Å². The molecule has 5 heteroatoms. The third-order valence-electron chi connectivity index (χ3n) is 2.69. The van der Waals surface area contributed by atoms with Crippen LogP contribution in [0.4, 0.5) is 0 Å². The highest BCUT2D eigenvalue weighted by Gasteiger charge is 2.19. The van der Waals surface area contributed by atoms with Crippen LogP contribution in [0.3, 0.4) is 0 Å². The summed E-state index contributed by atoms with van der Waals surface area (Å²) in [7, 11) is 0. The minimum Gasteiger partial charge on any atom is -0.378 e. The van der Waals surface area contributed by atoms with Crippen LogP contribution < -0.4 is 11.1 Å². The first kappa shape index (κ1) is 15.7. The molecule has 0 spiro atoms. The Morgan fingerprint density at radius 3 is 2.88 bits per heavy atom. The molecule has 0 aliphatic carbocycles. The minimum absolute atomic E-state index is 0. The zero-order valence-electron chi connectivity index (χ0n) is 10.1. The van der Waals surface area contributed by atoms with Crippen molar-refractivity contribution in [3.05, 3.63) is 0 Å². The Labute approximate surface area is 104 Å². The normalized spacial score (nSPS) is 26.7. The van der Waals surface area contributed by atoms with Crippen LogP contribution in [0.1, 0.15) is 33.1 Å². The summed E-state index contributed by atoms with van der Waals surface area (Å²) < 4.78 is 5.45. The van der Waals surface area contributed by atoms with E-state index < -0.39 is 0 Å². The highest BCUT2D eigenvalue weighted by Crippen LogP contribution is 2.18. The molecule has 3 N–H and O–H groups in total. The molecule has 16 heavy (non-hydrogen) atoms. The number of nitrogens with one attached hydrogen (secondary N) is 1. The van der Waals surface area contributed by atoms with E-state index in [1.54, 1.807) is 0 Å². The van der Waals surface area contributed by atoms with Gasteiger partial charge in [-0.15, -0.1) is 12.4 Å². The van der Waals surface area contributed by atoms with E-state index in [4.69, 9.17) is 10.5 Å². The fourth-order valence-corrected chi connectivity index (χ4v) is 1.90. The van der Waals surface area contributed by atoms with Gasteiger partial charge in [-0.3, -0.25) is 4.79 Å². The van der Waals surface area contributed by atoms with Gasteiger partial charge in [-0.1, -0.05) is 0 Å². The predicted molar refractivity (Wildman–Crippen MR) is 66.7 cm³/mol. The zero-order valence-corrected chi connectivity index (χ0v) is 10.9. The van der Waals surface area contributed by atoms with E-state index in [1.807, 2.05) is 6.92 Å². The highest BCUT2D eigenvalue weighted by molar-refractivity contribution is 5.85. The van der Waals surface area contributed by atoms with E-state index in [1.165, 1.54) is 0 Å². The van der Waals surface area contributed by atoms with Gasteiger partial charge < -0.3 is 15.8 Å². The summed E-state index contributed by atoms with van der Waals surface area (Å²) >= 11 is 0. The fraction of sp³-hybridized carbons (Fsp3) is 0.909. The summed E-state index contributed by atoms with van der Waals surface area (Å²) in [4.78, 5) is 11.4. The van der Waals surface area contributed by atoms with Crippen molar-refractivity contribution in [3.8, 4) is 0 Å². The fourth-order valence-electron chi connectivity index (χ4n) is 1.90. The number of amides is 1. The van der Waals surface area contributed by atoms with Crippen molar-refractivity contribution in [2.75, 3.05) is 13.2 Å². The number of carbonyl (C=O) groups excluding carboxylic acids is 1. The predicted octanol–water partition coefficient (Wildman–Crippen LogP) is 1.08. The second-order valence-corrected chi connectivity index (χ2v) is 4.56. The molecular weight excluding hydrogens is 228 g/mol. The molecule has 0 aromatic carbocycles. The van der Waals surface area contributed by atoms with Gasteiger partial charge in [0.05, 0.1) is 6.10 Å². The van der Waals surface area contributed by atoms with Gasteiger partial charge in [0.1, 0.15) is 0 Å². The first-order valence-corrected chi connectivity index (χ1v) is 5.71. The van der Waals surface area contributed by atoms with Crippen molar-refractivity contribution in [1.82, 2.24) is 5.32 Å². The molecule has 0 bridgehead atoms. The maximum absolute atomic E-state index is 11.4. The topological polar surface area (TPSA) is 64.4 Å². The Morgan fingerprint density at radius 2 is 2.31 bits per heavy atom. The molecule has 1 heterocycles. The lowest BCUT2D eigenvalue weighted by Crippen LogP contribution is -2.36. The molecular formula is C11H23ClN2O2. The summed E-state index contributed by atoms with van der Waals surface area (Å²) in [6, 6.07) is -0.0568.